The SMILES string of the molecule is CN(C)C(CO)Cc1cccc2[nH]cnc12. The second-order valence-corrected chi connectivity index (χ2v) is 4.22. The predicted octanol–water partition coefficient (Wildman–Crippen LogP) is 1.03. The lowest BCUT2D eigenvalue weighted by atomic mass is 10.0. The summed E-state index contributed by atoms with van der Waals surface area (Å²) in [5.74, 6) is 0. The number of benzene rings is 1. The van der Waals surface area contributed by atoms with E-state index in [2.05, 4.69) is 16.0 Å². The average Bonchev–Trinajstić information content (AvgIpc) is 2.73. The summed E-state index contributed by atoms with van der Waals surface area (Å²) in [5.41, 5.74) is 3.22. The van der Waals surface area contributed by atoms with Crippen LogP contribution < -0.4 is 0 Å². The molecule has 86 valence electrons. The number of nitrogens with zero attached hydrogens (tertiary/aromatic N) is 2. The number of nitrogens with one attached hydrogen (secondary N) is 1. The minimum absolute atomic E-state index is 0.141. The van der Waals surface area contributed by atoms with Crippen molar-refractivity contribution in [2.24, 2.45) is 0 Å². The zero-order valence-corrected chi connectivity index (χ0v) is 9.64. The monoisotopic (exact) mass is 219 g/mol. The van der Waals surface area contributed by atoms with Crippen LogP contribution in [0.4, 0.5) is 0 Å². The fraction of sp³-hybridized carbons (Fsp3) is 0.417. The number of aromatic amines is 1. The summed E-state index contributed by atoms with van der Waals surface area (Å²) in [7, 11) is 3.96. The summed E-state index contributed by atoms with van der Waals surface area (Å²) in [6, 6.07) is 6.23. The Labute approximate surface area is 94.9 Å². The highest BCUT2D eigenvalue weighted by Crippen LogP contribution is 2.17. The normalized spacial score (nSPS) is 13.5. The molecule has 4 heteroatoms. The third kappa shape index (κ3) is 2.08. The number of imidazole rings is 1. The molecule has 0 bridgehead atoms. The topological polar surface area (TPSA) is 52.1 Å². The van der Waals surface area contributed by atoms with Crippen molar-refractivity contribution in [3.05, 3.63) is 30.1 Å². The fourth-order valence-electron chi connectivity index (χ4n) is 1.86. The molecular weight excluding hydrogens is 202 g/mol. The van der Waals surface area contributed by atoms with Crippen LogP contribution in [-0.4, -0.2) is 46.7 Å². The predicted molar refractivity (Wildman–Crippen MR) is 64.4 cm³/mol. The molecule has 2 aromatic rings. The fourth-order valence-corrected chi connectivity index (χ4v) is 1.86. The number of hydrogen-bond donors (Lipinski definition) is 2. The number of aromatic nitrogens is 2. The van der Waals surface area contributed by atoms with Crippen LogP contribution >= 0.6 is 0 Å². The van der Waals surface area contributed by atoms with E-state index >= 15 is 0 Å². The summed E-state index contributed by atoms with van der Waals surface area (Å²) in [5, 5.41) is 9.31. The molecule has 1 atom stereocenters. The van der Waals surface area contributed by atoms with Gasteiger partial charge in [0, 0.05) is 6.04 Å². The van der Waals surface area contributed by atoms with E-state index in [-0.39, 0.29) is 12.6 Å². The van der Waals surface area contributed by atoms with Gasteiger partial charge in [-0.1, -0.05) is 12.1 Å². The molecule has 2 rings (SSSR count). The third-order valence-electron chi connectivity index (χ3n) is 2.93. The second kappa shape index (κ2) is 4.63. The first kappa shape index (κ1) is 11.1. The molecule has 0 aliphatic rings. The number of para-hydroxylation sites is 1. The zero-order valence-electron chi connectivity index (χ0n) is 9.64. The molecule has 0 aliphatic heterocycles. The minimum atomic E-state index is 0.141. The number of H-pyrrole nitrogens is 1. The first-order chi connectivity index (χ1) is 7.72. The maximum atomic E-state index is 9.31. The van der Waals surface area contributed by atoms with Crippen LogP contribution in [0.5, 0.6) is 0 Å². The Balaban J connectivity index is 2.29. The smallest absolute Gasteiger partial charge is 0.0931 e. The van der Waals surface area contributed by atoms with Gasteiger partial charge in [-0.3, -0.25) is 0 Å². The molecule has 0 amide bonds. The van der Waals surface area contributed by atoms with Crippen LogP contribution in [0.1, 0.15) is 5.56 Å². The first-order valence-corrected chi connectivity index (χ1v) is 5.40. The molecule has 0 saturated carbocycles. The summed E-state index contributed by atoms with van der Waals surface area (Å²) < 4.78 is 0. The third-order valence-corrected chi connectivity index (χ3v) is 2.93. The molecule has 1 aromatic carbocycles. The number of likely N-dealkylation sites (N-methyl/N-ethyl adjacent to an activating group) is 1. The van der Waals surface area contributed by atoms with Gasteiger partial charge < -0.3 is 15.0 Å². The van der Waals surface area contributed by atoms with E-state index in [1.807, 2.05) is 31.1 Å². The van der Waals surface area contributed by atoms with E-state index in [1.165, 1.54) is 5.56 Å². The van der Waals surface area contributed by atoms with Crippen molar-refractivity contribution in [3.8, 4) is 0 Å². The lowest BCUT2D eigenvalue weighted by Gasteiger charge is -2.22. The van der Waals surface area contributed by atoms with Gasteiger partial charge in [-0.2, -0.15) is 0 Å². The Hall–Kier alpha value is -1.39. The van der Waals surface area contributed by atoms with Crippen LogP contribution in [0.15, 0.2) is 24.5 Å². The Morgan fingerprint density at radius 1 is 1.44 bits per heavy atom. The van der Waals surface area contributed by atoms with Crippen LogP contribution in [0, 0.1) is 0 Å². The Bertz CT molecular complexity index is 464. The lowest BCUT2D eigenvalue weighted by Crippen LogP contribution is -2.33. The van der Waals surface area contributed by atoms with Crippen LogP contribution in [0.3, 0.4) is 0 Å². The number of aliphatic hydroxyl groups is 1. The highest BCUT2D eigenvalue weighted by atomic mass is 16.3. The minimum Gasteiger partial charge on any atom is -0.395 e. The maximum Gasteiger partial charge on any atom is 0.0931 e. The average molecular weight is 219 g/mol. The summed E-state index contributed by atoms with van der Waals surface area (Å²) in [6.45, 7) is 0.161. The highest BCUT2D eigenvalue weighted by Gasteiger charge is 2.13. The van der Waals surface area contributed by atoms with Crippen molar-refractivity contribution >= 4 is 11.0 Å². The first-order valence-electron chi connectivity index (χ1n) is 5.40. The molecule has 1 heterocycles. The van der Waals surface area contributed by atoms with Gasteiger partial charge in [0.1, 0.15) is 0 Å². The van der Waals surface area contributed by atoms with E-state index < -0.39 is 0 Å². The second-order valence-electron chi connectivity index (χ2n) is 4.22. The molecular formula is C12H17N3O. The van der Waals surface area contributed by atoms with Gasteiger partial charge >= 0.3 is 0 Å². The quantitative estimate of drug-likeness (QED) is 0.807. The molecule has 0 spiro atoms. The van der Waals surface area contributed by atoms with Crippen LogP contribution in [0.25, 0.3) is 11.0 Å². The number of rotatable bonds is 4. The zero-order chi connectivity index (χ0) is 11.5. The van der Waals surface area contributed by atoms with E-state index in [9.17, 15) is 5.11 Å². The molecule has 2 N–H and O–H groups in total. The van der Waals surface area contributed by atoms with Gasteiger partial charge in [-0.15, -0.1) is 0 Å². The molecule has 4 nitrogen and oxygen atoms in total. The van der Waals surface area contributed by atoms with Crippen molar-refractivity contribution in [2.45, 2.75) is 12.5 Å². The van der Waals surface area contributed by atoms with Gasteiger partial charge in [0.2, 0.25) is 0 Å². The van der Waals surface area contributed by atoms with Gasteiger partial charge in [-0.05, 0) is 32.1 Å². The Morgan fingerprint density at radius 2 is 2.25 bits per heavy atom. The molecule has 0 fully saturated rings. The number of hydrogen-bond acceptors (Lipinski definition) is 3. The lowest BCUT2D eigenvalue weighted by molar-refractivity contribution is 0.169. The number of fused-ring (bicyclic) bond motifs is 1. The molecule has 0 saturated heterocycles. The van der Waals surface area contributed by atoms with Crippen LogP contribution in [-0.2, 0) is 6.42 Å². The van der Waals surface area contributed by atoms with Crippen molar-refractivity contribution in [2.75, 3.05) is 20.7 Å². The Morgan fingerprint density at radius 3 is 2.94 bits per heavy atom. The van der Waals surface area contributed by atoms with Gasteiger partial charge in [0.15, 0.2) is 0 Å². The Kier molecular flexibility index (Phi) is 3.22. The van der Waals surface area contributed by atoms with Crippen molar-refractivity contribution < 1.29 is 5.11 Å². The standard InChI is InChI=1S/C12H17N3O/c1-15(2)10(7-16)6-9-4-3-5-11-12(9)14-8-13-11/h3-5,8,10,16H,6-7H2,1-2H3,(H,13,14). The van der Waals surface area contributed by atoms with Crippen molar-refractivity contribution in [1.82, 2.24) is 14.9 Å². The van der Waals surface area contributed by atoms with E-state index in [0.29, 0.717) is 0 Å². The van der Waals surface area contributed by atoms with Crippen LogP contribution in [0.2, 0.25) is 0 Å². The molecule has 1 unspecified atom stereocenters. The largest absolute Gasteiger partial charge is 0.395 e. The maximum absolute atomic E-state index is 9.31. The van der Waals surface area contributed by atoms with Gasteiger partial charge in [-0.25, -0.2) is 4.98 Å². The summed E-state index contributed by atoms with van der Waals surface area (Å²) >= 11 is 0. The molecule has 0 aliphatic carbocycles. The van der Waals surface area contributed by atoms with Gasteiger partial charge in [0.25, 0.3) is 0 Å². The molecule has 1 aromatic heterocycles. The summed E-state index contributed by atoms with van der Waals surface area (Å²) in [6.07, 6.45) is 2.52. The number of aliphatic hydroxyl groups excluding tert-OH is 1. The highest BCUT2D eigenvalue weighted by molar-refractivity contribution is 5.78. The van der Waals surface area contributed by atoms with E-state index in [4.69, 9.17) is 0 Å². The van der Waals surface area contributed by atoms with Crippen molar-refractivity contribution in [3.63, 3.8) is 0 Å². The summed E-state index contributed by atoms with van der Waals surface area (Å²) in [4.78, 5) is 9.44. The molecule has 16 heavy (non-hydrogen) atoms. The van der Waals surface area contributed by atoms with E-state index in [1.54, 1.807) is 6.33 Å². The van der Waals surface area contributed by atoms with Crippen molar-refractivity contribution in [1.29, 1.82) is 0 Å². The van der Waals surface area contributed by atoms with Gasteiger partial charge in [0.05, 0.1) is 24.0 Å². The molecule has 0 radical (unpaired) electrons. The van der Waals surface area contributed by atoms with E-state index in [0.717, 1.165) is 17.5 Å².